The van der Waals surface area contributed by atoms with E-state index in [2.05, 4.69) is 30.4 Å². The highest BCUT2D eigenvalue weighted by Crippen LogP contribution is 2.17. The van der Waals surface area contributed by atoms with Gasteiger partial charge in [-0.3, -0.25) is 4.99 Å². The highest BCUT2D eigenvalue weighted by atomic mass is 127. The quantitative estimate of drug-likeness (QED) is 0.236. The molecule has 0 radical (unpaired) electrons. The minimum Gasteiger partial charge on any atom is -0.489 e. The smallest absolute Gasteiger partial charge is 0.191 e. The van der Waals surface area contributed by atoms with Gasteiger partial charge in [0.1, 0.15) is 24.1 Å². The summed E-state index contributed by atoms with van der Waals surface area (Å²) in [4.78, 5) is 4.16. The molecule has 0 atom stereocenters. The molecule has 10 heteroatoms. The van der Waals surface area contributed by atoms with Gasteiger partial charge in [0.15, 0.2) is 17.5 Å². The Morgan fingerprint density at radius 2 is 2.00 bits per heavy atom. The van der Waals surface area contributed by atoms with Crippen molar-refractivity contribution in [3.63, 3.8) is 0 Å². The van der Waals surface area contributed by atoms with Crippen LogP contribution in [0.5, 0.6) is 5.75 Å². The predicted molar refractivity (Wildman–Crippen MR) is 123 cm³/mol. The lowest BCUT2D eigenvalue weighted by Gasteiger charge is -2.13. The van der Waals surface area contributed by atoms with E-state index in [9.17, 15) is 8.78 Å². The summed E-state index contributed by atoms with van der Waals surface area (Å²) >= 11 is 0. The first kappa shape index (κ1) is 24.3. The molecule has 0 spiro atoms. The summed E-state index contributed by atoms with van der Waals surface area (Å²) in [6.07, 6.45) is 6.44. The molecule has 1 aromatic carbocycles. The van der Waals surface area contributed by atoms with Gasteiger partial charge < -0.3 is 19.9 Å². The standard InChI is InChI=1S/C20H28F2N6O.HI/c1-23-20(25-11-13-29-17-9-8-15(21)14-16(17)22)24-10-5-7-19-27-26-18-6-3-2-4-12-28(18)19;/h8-9,14H,2-7,10-13H2,1H3,(H2,23,24,25);1H. The lowest BCUT2D eigenvalue weighted by molar-refractivity contribution is 0.304. The van der Waals surface area contributed by atoms with Crippen molar-refractivity contribution in [2.75, 3.05) is 26.7 Å². The van der Waals surface area contributed by atoms with E-state index >= 15 is 0 Å². The molecule has 0 saturated heterocycles. The van der Waals surface area contributed by atoms with Crippen molar-refractivity contribution in [2.45, 2.75) is 45.1 Å². The first-order valence-corrected chi connectivity index (χ1v) is 10.1. The molecule has 1 aliphatic heterocycles. The van der Waals surface area contributed by atoms with Gasteiger partial charge in [-0.05, 0) is 31.4 Å². The molecule has 2 N–H and O–H groups in total. The van der Waals surface area contributed by atoms with Gasteiger partial charge in [-0.2, -0.15) is 0 Å². The van der Waals surface area contributed by atoms with Crippen molar-refractivity contribution in [1.29, 1.82) is 0 Å². The second-order valence-electron chi connectivity index (χ2n) is 6.95. The summed E-state index contributed by atoms with van der Waals surface area (Å²) in [6, 6.07) is 3.25. The van der Waals surface area contributed by atoms with E-state index < -0.39 is 11.6 Å². The molecule has 0 fully saturated rings. The van der Waals surface area contributed by atoms with E-state index in [4.69, 9.17) is 4.74 Å². The molecule has 0 amide bonds. The van der Waals surface area contributed by atoms with E-state index in [1.165, 1.54) is 31.4 Å². The Hall–Kier alpha value is -1.98. The number of ether oxygens (including phenoxy) is 1. The molecular formula is C20H29F2IN6O. The Bertz CT molecular complexity index is 830. The molecule has 166 valence electrons. The summed E-state index contributed by atoms with van der Waals surface area (Å²) in [5.41, 5.74) is 0. The van der Waals surface area contributed by atoms with Gasteiger partial charge in [0, 0.05) is 39.0 Å². The maximum absolute atomic E-state index is 13.5. The van der Waals surface area contributed by atoms with Crippen LogP contribution in [0.4, 0.5) is 8.78 Å². The highest BCUT2D eigenvalue weighted by molar-refractivity contribution is 14.0. The number of aliphatic imine (C=N–C) groups is 1. The van der Waals surface area contributed by atoms with Crippen LogP contribution in [0.25, 0.3) is 0 Å². The van der Waals surface area contributed by atoms with Crippen LogP contribution in [0, 0.1) is 11.6 Å². The van der Waals surface area contributed by atoms with Crippen LogP contribution in [0.15, 0.2) is 23.2 Å². The fraction of sp³-hybridized carbons (Fsp3) is 0.550. The molecule has 2 heterocycles. The summed E-state index contributed by atoms with van der Waals surface area (Å²) < 4.78 is 34.0. The molecule has 2 aromatic rings. The molecular weight excluding hydrogens is 505 g/mol. The minimum atomic E-state index is -0.709. The second-order valence-corrected chi connectivity index (χ2v) is 6.95. The van der Waals surface area contributed by atoms with Crippen molar-refractivity contribution in [3.8, 4) is 5.75 Å². The second kappa shape index (κ2) is 12.7. The molecule has 7 nitrogen and oxygen atoms in total. The largest absolute Gasteiger partial charge is 0.489 e. The average molecular weight is 534 g/mol. The van der Waals surface area contributed by atoms with Crippen LogP contribution >= 0.6 is 24.0 Å². The zero-order valence-electron chi connectivity index (χ0n) is 17.2. The van der Waals surface area contributed by atoms with Gasteiger partial charge in [-0.25, -0.2) is 8.78 Å². The van der Waals surface area contributed by atoms with E-state index in [1.807, 2.05) is 0 Å². The number of fused-ring (bicyclic) bond motifs is 1. The van der Waals surface area contributed by atoms with Crippen LogP contribution in [-0.2, 0) is 19.4 Å². The molecule has 0 saturated carbocycles. The number of halogens is 3. The lowest BCUT2D eigenvalue weighted by atomic mass is 10.2. The SMILES string of the molecule is CN=C(NCCCc1nnc2n1CCCCC2)NCCOc1ccc(F)cc1F.I. The molecule has 3 rings (SSSR count). The number of nitrogens with zero attached hydrogens (tertiary/aromatic N) is 4. The summed E-state index contributed by atoms with van der Waals surface area (Å²) in [5.74, 6) is 1.51. The third-order valence-electron chi connectivity index (χ3n) is 4.83. The normalized spacial score (nSPS) is 13.8. The van der Waals surface area contributed by atoms with Gasteiger partial charge in [0.2, 0.25) is 0 Å². The topological polar surface area (TPSA) is 76.4 Å². The first-order valence-electron chi connectivity index (χ1n) is 10.1. The molecule has 30 heavy (non-hydrogen) atoms. The van der Waals surface area contributed by atoms with E-state index in [0.717, 1.165) is 50.1 Å². The van der Waals surface area contributed by atoms with Crippen molar-refractivity contribution in [1.82, 2.24) is 25.4 Å². The zero-order chi connectivity index (χ0) is 20.5. The average Bonchev–Trinajstić information content (AvgIpc) is 2.94. The van der Waals surface area contributed by atoms with Gasteiger partial charge in [-0.1, -0.05) is 6.42 Å². The monoisotopic (exact) mass is 534 g/mol. The lowest BCUT2D eigenvalue weighted by Crippen LogP contribution is -2.39. The van der Waals surface area contributed by atoms with E-state index in [1.54, 1.807) is 7.05 Å². The Kier molecular flexibility index (Phi) is 10.2. The van der Waals surface area contributed by atoms with Crippen LogP contribution in [0.2, 0.25) is 0 Å². The fourth-order valence-corrected chi connectivity index (χ4v) is 3.33. The number of hydrogen-bond acceptors (Lipinski definition) is 4. The summed E-state index contributed by atoms with van der Waals surface area (Å²) in [6.45, 7) is 2.43. The Morgan fingerprint density at radius 1 is 1.17 bits per heavy atom. The summed E-state index contributed by atoms with van der Waals surface area (Å²) in [5, 5.41) is 15.0. The number of aryl methyl sites for hydroxylation is 2. The van der Waals surface area contributed by atoms with Gasteiger partial charge >= 0.3 is 0 Å². The third kappa shape index (κ3) is 7.06. The molecule has 0 unspecified atom stereocenters. The molecule has 1 aromatic heterocycles. The Labute approximate surface area is 192 Å². The van der Waals surface area contributed by atoms with Gasteiger partial charge in [0.05, 0.1) is 6.54 Å². The van der Waals surface area contributed by atoms with E-state index in [-0.39, 0.29) is 36.3 Å². The number of nitrogens with one attached hydrogen (secondary N) is 2. The van der Waals surface area contributed by atoms with Crippen LogP contribution in [0.3, 0.4) is 0 Å². The van der Waals surface area contributed by atoms with Gasteiger partial charge in [0.25, 0.3) is 0 Å². The highest BCUT2D eigenvalue weighted by Gasteiger charge is 2.14. The number of benzene rings is 1. The fourth-order valence-electron chi connectivity index (χ4n) is 3.33. The maximum atomic E-state index is 13.5. The maximum Gasteiger partial charge on any atom is 0.191 e. The Balaban J connectivity index is 0.00000320. The van der Waals surface area contributed by atoms with Crippen LogP contribution in [0.1, 0.15) is 37.3 Å². The first-order chi connectivity index (χ1) is 14.2. The van der Waals surface area contributed by atoms with Crippen LogP contribution < -0.4 is 15.4 Å². The van der Waals surface area contributed by atoms with Crippen molar-refractivity contribution in [3.05, 3.63) is 41.5 Å². The third-order valence-corrected chi connectivity index (χ3v) is 4.83. The van der Waals surface area contributed by atoms with Crippen molar-refractivity contribution in [2.24, 2.45) is 4.99 Å². The van der Waals surface area contributed by atoms with Crippen molar-refractivity contribution >= 4 is 29.9 Å². The predicted octanol–water partition coefficient (Wildman–Crippen LogP) is 3.08. The molecule has 0 bridgehead atoms. The molecule has 0 aliphatic carbocycles. The number of aromatic nitrogens is 3. The van der Waals surface area contributed by atoms with E-state index in [0.29, 0.717) is 12.5 Å². The number of rotatable bonds is 8. The van der Waals surface area contributed by atoms with Crippen LogP contribution in [-0.4, -0.2) is 47.5 Å². The van der Waals surface area contributed by atoms with Crippen molar-refractivity contribution < 1.29 is 13.5 Å². The minimum absolute atomic E-state index is 0. The number of hydrogen-bond donors (Lipinski definition) is 2. The summed E-state index contributed by atoms with van der Waals surface area (Å²) in [7, 11) is 1.69. The Morgan fingerprint density at radius 3 is 2.80 bits per heavy atom. The number of guanidine groups is 1. The zero-order valence-corrected chi connectivity index (χ0v) is 19.5. The molecule has 1 aliphatic rings. The van der Waals surface area contributed by atoms with Gasteiger partial charge in [-0.15, -0.1) is 34.2 Å².